The van der Waals surface area contributed by atoms with Gasteiger partial charge in [0.25, 0.3) is 0 Å². The van der Waals surface area contributed by atoms with Crippen LogP contribution in [0.5, 0.6) is 0 Å². The van der Waals surface area contributed by atoms with Crippen LogP contribution in [0, 0.1) is 0 Å². The van der Waals surface area contributed by atoms with Gasteiger partial charge >= 0.3 is 29.6 Å². The van der Waals surface area contributed by atoms with Gasteiger partial charge in [-0.05, 0) is 24.9 Å². The molecule has 5 heteroatoms. The van der Waals surface area contributed by atoms with E-state index < -0.39 is 5.97 Å². The number of aliphatic hydroxyl groups is 1. The predicted molar refractivity (Wildman–Crippen MR) is 58.5 cm³/mol. The maximum Gasteiger partial charge on any atom is 1.00 e. The van der Waals surface area contributed by atoms with Crippen LogP contribution in [0.1, 0.15) is 24.4 Å². The zero-order valence-corrected chi connectivity index (χ0v) is 12.1. The molecule has 0 saturated carbocycles. The maximum absolute atomic E-state index is 10.2. The molecule has 0 fully saturated rings. The van der Waals surface area contributed by atoms with Crippen molar-refractivity contribution in [3.05, 3.63) is 35.9 Å². The summed E-state index contributed by atoms with van der Waals surface area (Å²) in [4.78, 5) is 10.2. The number of carboxylic acid groups (broad SMARTS) is 1. The van der Waals surface area contributed by atoms with Gasteiger partial charge < -0.3 is 20.3 Å². The second kappa shape index (κ2) is 9.62. The molecule has 1 rings (SSSR count). The first-order valence-corrected chi connectivity index (χ1v) is 5.33. The molecule has 0 aliphatic rings. The molecule has 0 amide bonds. The van der Waals surface area contributed by atoms with Crippen molar-refractivity contribution in [1.82, 2.24) is 5.32 Å². The Balaban J connectivity index is 0.00000256. The second-order valence-electron chi connectivity index (χ2n) is 3.58. The summed E-state index contributed by atoms with van der Waals surface area (Å²) in [5, 5.41) is 22.5. The number of hydrogen-bond donors (Lipinski definition) is 2. The Morgan fingerprint density at radius 3 is 2.53 bits per heavy atom. The molecular formula is C12H16NNaO3. The standard InChI is InChI=1S/C12H17NO3.Na/c14-9-11(10-5-2-1-3-6-10)13-8-4-7-12(15)16;/h1-3,5-6,11,13-14H,4,7-9H2,(H,15,16);/q;+1/p-1/t11-;/m0./s1. The molecule has 1 aromatic carbocycles. The van der Waals surface area contributed by atoms with Gasteiger partial charge in [-0.25, -0.2) is 0 Å². The van der Waals surface area contributed by atoms with E-state index in [2.05, 4.69) is 5.32 Å². The summed E-state index contributed by atoms with van der Waals surface area (Å²) in [5.41, 5.74) is 0.999. The quantitative estimate of drug-likeness (QED) is 0.393. The van der Waals surface area contributed by atoms with Crippen molar-refractivity contribution in [2.24, 2.45) is 0 Å². The number of benzene rings is 1. The summed E-state index contributed by atoms with van der Waals surface area (Å²) < 4.78 is 0. The topological polar surface area (TPSA) is 72.4 Å². The third-order valence-electron chi connectivity index (χ3n) is 2.33. The summed E-state index contributed by atoms with van der Waals surface area (Å²) in [5.74, 6) is -1.04. The van der Waals surface area contributed by atoms with E-state index in [-0.39, 0.29) is 48.6 Å². The van der Waals surface area contributed by atoms with Gasteiger partial charge in [0.2, 0.25) is 0 Å². The van der Waals surface area contributed by atoms with E-state index in [9.17, 15) is 15.0 Å². The molecular weight excluding hydrogens is 229 g/mol. The summed E-state index contributed by atoms with van der Waals surface area (Å²) in [6, 6.07) is 9.43. The van der Waals surface area contributed by atoms with Gasteiger partial charge in [-0.1, -0.05) is 30.3 Å². The van der Waals surface area contributed by atoms with E-state index in [0.717, 1.165) is 5.56 Å². The number of hydrogen-bond acceptors (Lipinski definition) is 4. The third kappa shape index (κ3) is 6.81. The van der Waals surface area contributed by atoms with Crippen molar-refractivity contribution < 1.29 is 44.6 Å². The van der Waals surface area contributed by atoms with Crippen LogP contribution >= 0.6 is 0 Å². The van der Waals surface area contributed by atoms with Gasteiger partial charge in [-0.15, -0.1) is 0 Å². The van der Waals surface area contributed by atoms with Crippen molar-refractivity contribution in [3.8, 4) is 0 Å². The van der Waals surface area contributed by atoms with Crippen LogP contribution in [-0.4, -0.2) is 24.2 Å². The molecule has 0 heterocycles. The fourth-order valence-corrected chi connectivity index (χ4v) is 1.48. The smallest absolute Gasteiger partial charge is 0.550 e. The van der Waals surface area contributed by atoms with E-state index in [1.807, 2.05) is 30.3 Å². The number of carboxylic acids is 1. The van der Waals surface area contributed by atoms with Crippen LogP contribution in [0.15, 0.2) is 30.3 Å². The van der Waals surface area contributed by atoms with Gasteiger partial charge in [-0.3, -0.25) is 0 Å². The molecule has 2 N–H and O–H groups in total. The first-order valence-electron chi connectivity index (χ1n) is 5.33. The largest absolute Gasteiger partial charge is 1.00 e. The van der Waals surface area contributed by atoms with Crippen molar-refractivity contribution >= 4 is 5.97 Å². The average Bonchev–Trinajstić information content (AvgIpc) is 2.30. The normalized spacial score (nSPS) is 11.6. The average molecular weight is 245 g/mol. The Kier molecular flexibility index (Phi) is 9.40. The van der Waals surface area contributed by atoms with Gasteiger partial charge in [-0.2, -0.15) is 0 Å². The van der Waals surface area contributed by atoms with E-state index in [1.54, 1.807) is 0 Å². The van der Waals surface area contributed by atoms with Crippen LogP contribution in [0.4, 0.5) is 0 Å². The molecule has 0 unspecified atom stereocenters. The predicted octanol–water partition coefficient (Wildman–Crippen LogP) is -3.16. The SMILES string of the molecule is O=C([O-])CCCN[C@@H](CO)c1ccccc1.[Na+]. The molecule has 1 atom stereocenters. The number of nitrogens with one attached hydrogen (secondary N) is 1. The van der Waals surface area contributed by atoms with Gasteiger partial charge in [0.15, 0.2) is 0 Å². The molecule has 4 nitrogen and oxygen atoms in total. The zero-order chi connectivity index (χ0) is 11.8. The minimum Gasteiger partial charge on any atom is -0.550 e. The fourth-order valence-electron chi connectivity index (χ4n) is 1.48. The monoisotopic (exact) mass is 245 g/mol. The van der Waals surface area contributed by atoms with Crippen LogP contribution in [0.2, 0.25) is 0 Å². The number of carbonyl (C=O) groups is 1. The molecule has 0 bridgehead atoms. The molecule has 0 aliphatic carbocycles. The minimum atomic E-state index is -1.04. The van der Waals surface area contributed by atoms with Crippen molar-refractivity contribution in [2.75, 3.05) is 13.2 Å². The fraction of sp³-hybridized carbons (Fsp3) is 0.417. The van der Waals surface area contributed by atoms with Crippen LogP contribution in [-0.2, 0) is 4.79 Å². The Morgan fingerprint density at radius 1 is 1.35 bits per heavy atom. The number of carbonyl (C=O) groups excluding carboxylic acids is 1. The van der Waals surface area contributed by atoms with E-state index in [0.29, 0.717) is 13.0 Å². The first kappa shape index (κ1) is 16.6. The molecule has 0 saturated heterocycles. The molecule has 0 aromatic heterocycles. The summed E-state index contributed by atoms with van der Waals surface area (Å²) >= 11 is 0. The number of aliphatic carboxylic acids is 1. The van der Waals surface area contributed by atoms with Crippen LogP contribution in [0.3, 0.4) is 0 Å². The number of rotatable bonds is 7. The Morgan fingerprint density at radius 2 is 2.00 bits per heavy atom. The molecule has 0 spiro atoms. The number of aliphatic hydroxyl groups excluding tert-OH is 1. The maximum atomic E-state index is 10.2. The van der Waals surface area contributed by atoms with Crippen molar-refractivity contribution in [2.45, 2.75) is 18.9 Å². The van der Waals surface area contributed by atoms with Crippen molar-refractivity contribution in [1.29, 1.82) is 0 Å². The summed E-state index contributed by atoms with van der Waals surface area (Å²) in [7, 11) is 0. The van der Waals surface area contributed by atoms with E-state index in [1.165, 1.54) is 0 Å². The van der Waals surface area contributed by atoms with E-state index >= 15 is 0 Å². The van der Waals surface area contributed by atoms with Crippen molar-refractivity contribution in [3.63, 3.8) is 0 Å². The molecule has 0 aliphatic heterocycles. The summed E-state index contributed by atoms with van der Waals surface area (Å²) in [6.45, 7) is 0.545. The van der Waals surface area contributed by atoms with Gasteiger partial charge in [0, 0.05) is 5.97 Å². The second-order valence-corrected chi connectivity index (χ2v) is 3.58. The van der Waals surface area contributed by atoms with Gasteiger partial charge in [0.05, 0.1) is 12.6 Å². The summed E-state index contributed by atoms with van der Waals surface area (Å²) in [6.07, 6.45) is 0.547. The van der Waals surface area contributed by atoms with Crippen LogP contribution < -0.4 is 40.0 Å². The van der Waals surface area contributed by atoms with Gasteiger partial charge in [0.1, 0.15) is 0 Å². The first-order chi connectivity index (χ1) is 7.74. The van der Waals surface area contributed by atoms with Crippen LogP contribution in [0.25, 0.3) is 0 Å². The Bertz CT molecular complexity index is 319. The molecule has 17 heavy (non-hydrogen) atoms. The Hall–Kier alpha value is -0.390. The molecule has 0 radical (unpaired) electrons. The van der Waals surface area contributed by atoms with E-state index in [4.69, 9.17) is 0 Å². The molecule has 88 valence electrons. The Labute approximate surface area is 123 Å². The third-order valence-corrected chi connectivity index (χ3v) is 2.33. The molecule has 1 aromatic rings. The zero-order valence-electron chi connectivity index (χ0n) is 10.1. The minimum absolute atomic E-state index is 0.